The first-order chi connectivity index (χ1) is 9.71. The van der Waals surface area contributed by atoms with E-state index in [-0.39, 0.29) is 5.91 Å². The Labute approximate surface area is 119 Å². The van der Waals surface area contributed by atoms with Crippen molar-refractivity contribution in [2.45, 2.75) is 6.92 Å². The molecule has 0 saturated carbocycles. The fourth-order valence-electron chi connectivity index (χ4n) is 1.57. The fraction of sp³-hybridized carbons (Fsp3) is 0.400. The van der Waals surface area contributed by atoms with Gasteiger partial charge in [0.15, 0.2) is 11.5 Å². The number of rotatable bonds is 8. The Bertz CT molecular complexity index is 457. The topological polar surface area (TPSA) is 56.8 Å². The molecule has 0 saturated heterocycles. The smallest absolute Gasteiger partial charge is 0.244 e. The molecule has 1 rings (SSSR count). The van der Waals surface area contributed by atoms with Crippen molar-refractivity contribution in [3.8, 4) is 11.5 Å². The molecule has 20 heavy (non-hydrogen) atoms. The van der Waals surface area contributed by atoms with E-state index in [1.807, 2.05) is 25.1 Å². The summed E-state index contributed by atoms with van der Waals surface area (Å²) in [5.74, 6) is 1.18. The van der Waals surface area contributed by atoms with Crippen LogP contribution in [0, 0.1) is 0 Å². The summed E-state index contributed by atoms with van der Waals surface area (Å²) in [4.78, 5) is 11.5. The number of ether oxygens (including phenoxy) is 3. The molecule has 0 heterocycles. The minimum Gasteiger partial charge on any atom is -0.493 e. The number of nitrogens with one attached hydrogen (secondary N) is 1. The van der Waals surface area contributed by atoms with Crippen molar-refractivity contribution in [3.63, 3.8) is 0 Å². The molecule has 0 fully saturated rings. The van der Waals surface area contributed by atoms with E-state index < -0.39 is 0 Å². The van der Waals surface area contributed by atoms with Gasteiger partial charge in [0.25, 0.3) is 0 Å². The van der Waals surface area contributed by atoms with Crippen LogP contribution in [0.1, 0.15) is 12.5 Å². The first-order valence-electron chi connectivity index (χ1n) is 6.47. The van der Waals surface area contributed by atoms with Gasteiger partial charge in [-0.05, 0) is 30.7 Å². The third kappa shape index (κ3) is 5.32. The van der Waals surface area contributed by atoms with Crippen LogP contribution in [0.25, 0.3) is 6.08 Å². The largest absolute Gasteiger partial charge is 0.493 e. The Morgan fingerprint density at radius 3 is 2.75 bits per heavy atom. The Balaban J connectivity index is 2.65. The second kappa shape index (κ2) is 8.98. The lowest BCUT2D eigenvalue weighted by Gasteiger charge is -2.09. The van der Waals surface area contributed by atoms with Crippen LogP contribution in [0.2, 0.25) is 0 Å². The SMILES string of the molecule is CCOc1ccc(/C=C/C(=O)NCCOC)cc1OC. The van der Waals surface area contributed by atoms with Crippen LogP contribution in [0.15, 0.2) is 24.3 Å². The Morgan fingerprint density at radius 2 is 2.10 bits per heavy atom. The van der Waals surface area contributed by atoms with Gasteiger partial charge in [-0.1, -0.05) is 6.07 Å². The predicted octanol–water partition coefficient (Wildman–Crippen LogP) is 1.87. The highest BCUT2D eigenvalue weighted by Crippen LogP contribution is 2.28. The molecule has 0 spiro atoms. The predicted molar refractivity (Wildman–Crippen MR) is 78.1 cm³/mol. The molecule has 0 aliphatic rings. The summed E-state index contributed by atoms with van der Waals surface area (Å²) in [6.45, 7) is 3.48. The van der Waals surface area contributed by atoms with E-state index in [0.717, 1.165) is 5.56 Å². The van der Waals surface area contributed by atoms with Crippen molar-refractivity contribution in [1.29, 1.82) is 0 Å². The molecule has 1 N–H and O–H groups in total. The van der Waals surface area contributed by atoms with Crippen molar-refractivity contribution < 1.29 is 19.0 Å². The van der Waals surface area contributed by atoms with Crippen molar-refractivity contribution in [1.82, 2.24) is 5.32 Å². The highest BCUT2D eigenvalue weighted by molar-refractivity contribution is 5.91. The molecule has 0 atom stereocenters. The van der Waals surface area contributed by atoms with Gasteiger partial charge in [-0.2, -0.15) is 0 Å². The minimum atomic E-state index is -0.157. The Morgan fingerprint density at radius 1 is 1.30 bits per heavy atom. The van der Waals surface area contributed by atoms with Crippen LogP contribution in [-0.2, 0) is 9.53 Å². The average Bonchev–Trinajstić information content (AvgIpc) is 2.46. The first kappa shape index (κ1) is 16.0. The molecule has 1 aromatic rings. The molecule has 0 radical (unpaired) electrons. The van der Waals surface area contributed by atoms with E-state index >= 15 is 0 Å². The first-order valence-corrected chi connectivity index (χ1v) is 6.47. The average molecular weight is 279 g/mol. The van der Waals surface area contributed by atoms with E-state index in [2.05, 4.69) is 5.32 Å². The number of hydrogen-bond acceptors (Lipinski definition) is 4. The summed E-state index contributed by atoms with van der Waals surface area (Å²) >= 11 is 0. The lowest BCUT2D eigenvalue weighted by molar-refractivity contribution is -0.116. The molecular weight excluding hydrogens is 258 g/mol. The monoisotopic (exact) mass is 279 g/mol. The second-order valence-corrected chi connectivity index (χ2v) is 3.96. The lowest BCUT2D eigenvalue weighted by Crippen LogP contribution is -2.24. The van der Waals surface area contributed by atoms with Crippen LogP contribution in [0.3, 0.4) is 0 Å². The van der Waals surface area contributed by atoms with Crippen molar-refractivity contribution in [3.05, 3.63) is 29.8 Å². The van der Waals surface area contributed by atoms with Gasteiger partial charge in [-0.25, -0.2) is 0 Å². The zero-order valence-electron chi connectivity index (χ0n) is 12.1. The van der Waals surface area contributed by atoms with E-state index in [1.54, 1.807) is 20.3 Å². The van der Waals surface area contributed by atoms with Crippen molar-refractivity contribution in [2.24, 2.45) is 0 Å². The maximum atomic E-state index is 11.5. The summed E-state index contributed by atoms with van der Waals surface area (Å²) in [6.07, 6.45) is 3.20. The van der Waals surface area contributed by atoms with Gasteiger partial charge in [-0.15, -0.1) is 0 Å². The van der Waals surface area contributed by atoms with Crippen LogP contribution in [0.5, 0.6) is 11.5 Å². The van der Waals surface area contributed by atoms with Crippen LogP contribution in [-0.4, -0.2) is 39.9 Å². The second-order valence-electron chi connectivity index (χ2n) is 3.96. The molecule has 0 aliphatic heterocycles. The molecule has 0 aromatic heterocycles. The number of methoxy groups -OCH3 is 2. The maximum Gasteiger partial charge on any atom is 0.244 e. The summed E-state index contributed by atoms with van der Waals surface area (Å²) < 4.78 is 15.5. The third-order valence-electron chi connectivity index (χ3n) is 2.52. The van der Waals surface area contributed by atoms with Gasteiger partial charge < -0.3 is 19.5 Å². The molecule has 110 valence electrons. The van der Waals surface area contributed by atoms with Gasteiger partial charge in [0, 0.05) is 19.7 Å². The van der Waals surface area contributed by atoms with Gasteiger partial charge in [-0.3, -0.25) is 4.79 Å². The van der Waals surface area contributed by atoms with Gasteiger partial charge >= 0.3 is 0 Å². The van der Waals surface area contributed by atoms with Crippen LogP contribution >= 0.6 is 0 Å². The Hall–Kier alpha value is -2.01. The number of benzene rings is 1. The molecule has 0 unspecified atom stereocenters. The molecule has 5 heteroatoms. The molecule has 0 bridgehead atoms. The van der Waals surface area contributed by atoms with Crippen molar-refractivity contribution in [2.75, 3.05) is 34.0 Å². The number of carbonyl (C=O) groups is 1. The van der Waals surface area contributed by atoms with E-state index in [9.17, 15) is 4.79 Å². The third-order valence-corrected chi connectivity index (χ3v) is 2.52. The number of hydrogen-bond donors (Lipinski definition) is 1. The zero-order chi connectivity index (χ0) is 14.8. The van der Waals surface area contributed by atoms with E-state index in [0.29, 0.717) is 31.3 Å². The zero-order valence-corrected chi connectivity index (χ0v) is 12.1. The molecular formula is C15H21NO4. The van der Waals surface area contributed by atoms with Gasteiger partial charge in [0.2, 0.25) is 5.91 Å². The maximum absolute atomic E-state index is 11.5. The van der Waals surface area contributed by atoms with Crippen molar-refractivity contribution >= 4 is 12.0 Å². The lowest BCUT2D eigenvalue weighted by atomic mass is 10.2. The number of carbonyl (C=O) groups excluding carboxylic acids is 1. The Kier molecular flexibility index (Phi) is 7.21. The van der Waals surface area contributed by atoms with Gasteiger partial charge in [0.1, 0.15) is 0 Å². The molecule has 5 nitrogen and oxygen atoms in total. The fourth-order valence-corrected chi connectivity index (χ4v) is 1.57. The summed E-state index contributed by atoms with van der Waals surface area (Å²) in [5, 5.41) is 2.71. The van der Waals surface area contributed by atoms with Gasteiger partial charge in [0.05, 0.1) is 20.3 Å². The van der Waals surface area contributed by atoms with E-state index in [4.69, 9.17) is 14.2 Å². The highest BCUT2D eigenvalue weighted by Gasteiger charge is 2.04. The highest BCUT2D eigenvalue weighted by atomic mass is 16.5. The number of amides is 1. The summed E-state index contributed by atoms with van der Waals surface area (Å²) in [6, 6.07) is 5.52. The summed E-state index contributed by atoms with van der Waals surface area (Å²) in [5.41, 5.74) is 0.868. The van der Waals surface area contributed by atoms with Crippen LogP contribution < -0.4 is 14.8 Å². The summed E-state index contributed by atoms with van der Waals surface area (Å²) in [7, 11) is 3.18. The standard InChI is InChI=1S/C15H21NO4/c1-4-20-13-7-5-12(11-14(13)19-3)6-8-15(17)16-9-10-18-2/h5-8,11H,4,9-10H2,1-3H3,(H,16,17)/b8-6+. The van der Waals surface area contributed by atoms with Crippen LogP contribution in [0.4, 0.5) is 0 Å². The molecule has 1 amide bonds. The minimum absolute atomic E-state index is 0.157. The van der Waals surface area contributed by atoms with E-state index in [1.165, 1.54) is 6.08 Å². The molecule has 1 aromatic carbocycles. The molecule has 0 aliphatic carbocycles. The quantitative estimate of drug-likeness (QED) is 0.583. The normalized spacial score (nSPS) is 10.6.